The van der Waals surface area contributed by atoms with E-state index in [-0.39, 0.29) is 6.10 Å². The predicted octanol–water partition coefficient (Wildman–Crippen LogP) is 4.39. The van der Waals surface area contributed by atoms with Crippen molar-refractivity contribution in [3.05, 3.63) is 77.4 Å². The zero-order valence-electron chi connectivity index (χ0n) is 13.4. The SMILES string of the molecule is C=C1C=C(C2=C(C#N)C(Cl)C(C)=NC2)C=CC1Oc1ccccc1. The third kappa shape index (κ3) is 3.20. The smallest absolute Gasteiger partial charge is 0.142 e. The van der Waals surface area contributed by atoms with Crippen LogP contribution in [-0.4, -0.2) is 23.7 Å². The molecule has 0 amide bonds. The maximum absolute atomic E-state index is 9.45. The monoisotopic (exact) mass is 336 g/mol. The van der Waals surface area contributed by atoms with Crippen LogP contribution >= 0.6 is 11.6 Å². The van der Waals surface area contributed by atoms with Gasteiger partial charge in [-0.15, -0.1) is 11.6 Å². The lowest BCUT2D eigenvalue weighted by Gasteiger charge is -2.24. The molecule has 0 spiro atoms. The average molecular weight is 337 g/mol. The van der Waals surface area contributed by atoms with Gasteiger partial charge in [-0.1, -0.05) is 30.9 Å². The highest BCUT2D eigenvalue weighted by atomic mass is 35.5. The molecule has 1 aliphatic heterocycles. The lowest BCUT2D eigenvalue weighted by atomic mass is 9.89. The zero-order valence-corrected chi connectivity index (χ0v) is 14.1. The first-order valence-corrected chi connectivity index (χ1v) is 8.12. The van der Waals surface area contributed by atoms with E-state index in [1.807, 2.05) is 55.5 Å². The van der Waals surface area contributed by atoms with Gasteiger partial charge >= 0.3 is 0 Å². The molecule has 1 heterocycles. The highest BCUT2D eigenvalue weighted by Crippen LogP contribution is 2.30. The molecule has 4 heteroatoms. The number of allylic oxidation sites excluding steroid dienone is 2. The largest absolute Gasteiger partial charge is 0.482 e. The Morgan fingerprint density at radius 3 is 2.75 bits per heavy atom. The second-order valence-corrected chi connectivity index (χ2v) is 6.15. The minimum Gasteiger partial charge on any atom is -0.482 e. The van der Waals surface area contributed by atoms with Crippen molar-refractivity contribution in [2.24, 2.45) is 4.99 Å². The fourth-order valence-corrected chi connectivity index (χ4v) is 2.94. The Kier molecular flexibility index (Phi) is 4.69. The molecule has 0 saturated carbocycles. The van der Waals surface area contributed by atoms with Gasteiger partial charge in [-0.3, -0.25) is 4.99 Å². The molecule has 2 atom stereocenters. The normalized spacial score (nSPS) is 23.5. The molecule has 1 aromatic rings. The molecule has 0 aromatic heterocycles. The van der Waals surface area contributed by atoms with Gasteiger partial charge in [-0.2, -0.15) is 5.26 Å². The fourth-order valence-electron chi connectivity index (χ4n) is 2.69. The summed E-state index contributed by atoms with van der Waals surface area (Å²) in [6.07, 6.45) is 5.62. The van der Waals surface area contributed by atoms with E-state index in [2.05, 4.69) is 17.6 Å². The van der Waals surface area contributed by atoms with Crippen molar-refractivity contribution < 1.29 is 4.74 Å². The van der Waals surface area contributed by atoms with E-state index in [0.29, 0.717) is 12.1 Å². The minimum absolute atomic E-state index is 0.220. The number of alkyl halides is 1. The fraction of sp³-hybridized carbons (Fsp3) is 0.200. The summed E-state index contributed by atoms with van der Waals surface area (Å²) in [5, 5.41) is 8.99. The van der Waals surface area contributed by atoms with E-state index in [0.717, 1.165) is 28.2 Å². The van der Waals surface area contributed by atoms with Gasteiger partial charge in [0.05, 0.1) is 18.2 Å². The number of hydrogen-bond acceptors (Lipinski definition) is 3. The predicted molar refractivity (Wildman–Crippen MR) is 97.5 cm³/mol. The van der Waals surface area contributed by atoms with Gasteiger partial charge in [0.25, 0.3) is 0 Å². The number of ether oxygens (including phenoxy) is 1. The number of para-hydroxylation sites is 1. The molecule has 3 nitrogen and oxygen atoms in total. The van der Waals surface area contributed by atoms with Gasteiger partial charge in [0.15, 0.2) is 0 Å². The first-order valence-electron chi connectivity index (χ1n) is 7.69. The topological polar surface area (TPSA) is 45.4 Å². The highest BCUT2D eigenvalue weighted by molar-refractivity contribution is 6.34. The summed E-state index contributed by atoms with van der Waals surface area (Å²) in [4.78, 5) is 4.42. The minimum atomic E-state index is -0.459. The third-order valence-corrected chi connectivity index (χ3v) is 4.60. The number of dihydropyridines is 1. The van der Waals surface area contributed by atoms with Gasteiger partial charge in [0, 0.05) is 5.71 Å². The summed E-state index contributed by atoms with van der Waals surface area (Å²) >= 11 is 6.31. The molecule has 0 bridgehead atoms. The number of hydrogen-bond donors (Lipinski definition) is 0. The molecule has 0 saturated heterocycles. The summed E-state index contributed by atoms with van der Waals surface area (Å²) in [6.45, 7) is 6.41. The van der Waals surface area contributed by atoms with Crippen LogP contribution in [0.5, 0.6) is 5.75 Å². The molecular formula is C20H17ClN2O. The standard InChI is InChI=1S/C20H17ClN2O/c1-13-10-15(18-12-23-14(2)20(21)17(18)11-22)8-9-19(13)24-16-6-4-3-5-7-16/h3-10,19-20H,1,12H2,2H3. The van der Waals surface area contributed by atoms with Crippen LogP contribution in [-0.2, 0) is 0 Å². The average Bonchev–Trinajstić information content (AvgIpc) is 2.60. The molecule has 120 valence electrons. The quantitative estimate of drug-likeness (QED) is 0.768. The second-order valence-electron chi connectivity index (χ2n) is 5.71. The summed E-state index contributed by atoms with van der Waals surface area (Å²) in [5.41, 5.74) is 3.96. The van der Waals surface area contributed by atoms with Crippen molar-refractivity contribution in [3.63, 3.8) is 0 Å². The van der Waals surface area contributed by atoms with E-state index >= 15 is 0 Å². The van der Waals surface area contributed by atoms with Gasteiger partial charge in [-0.25, -0.2) is 0 Å². The molecule has 1 aromatic carbocycles. The number of nitrogens with zero attached hydrogens (tertiary/aromatic N) is 2. The molecule has 0 N–H and O–H groups in total. The van der Waals surface area contributed by atoms with Crippen LogP contribution in [0, 0.1) is 11.3 Å². The number of halogens is 1. The van der Waals surface area contributed by atoms with Gasteiger partial charge in [-0.05, 0) is 47.9 Å². The van der Waals surface area contributed by atoms with Gasteiger partial charge < -0.3 is 4.74 Å². The Morgan fingerprint density at radius 2 is 2.08 bits per heavy atom. The van der Waals surface area contributed by atoms with Crippen molar-refractivity contribution in [1.82, 2.24) is 0 Å². The van der Waals surface area contributed by atoms with E-state index in [9.17, 15) is 5.26 Å². The first-order chi connectivity index (χ1) is 11.6. The van der Waals surface area contributed by atoms with Crippen LogP contribution in [0.3, 0.4) is 0 Å². The Morgan fingerprint density at radius 1 is 1.33 bits per heavy atom. The molecular weight excluding hydrogens is 320 g/mol. The molecule has 24 heavy (non-hydrogen) atoms. The summed E-state index contributed by atoms with van der Waals surface area (Å²) in [5.74, 6) is 0.792. The van der Waals surface area contributed by atoms with E-state index in [1.165, 1.54) is 0 Å². The molecule has 2 unspecified atom stereocenters. The van der Waals surface area contributed by atoms with Crippen molar-refractivity contribution >= 4 is 17.3 Å². The van der Waals surface area contributed by atoms with Crippen molar-refractivity contribution in [3.8, 4) is 11.8 Å². The lowest BCUT2D eigenvalue weighted by molar-refractivity contribution is 0.287. The molecule has 0 radical (unpaired) electrons. The zero-order chi connectivity index (χ0) is 17.1. The third-order valence-electron chi connectivity index (χ3n) is 4.06. The van der Waals surface area contributed by atoms with Crippen LogP contribution < -0.4 is 4.74 Å². The number of aliphatic imine (C=N–C) groups is 1. The number of benzene rings is 1. The van der Waals surface area contributed by atoms with Crippen LogP contribution in [0.25, 0.3) is 0 Å². The van der Waals surface area contributed by atoms with E-state index in [1.54, 1.807) is 0 Å². The van der Waals surface area contributed by atoms with E-state index in [4.69, 9.17) is 16.3 Å². The first kappa shape index (κ1) is 16.3. The van der Waals surface area contributed by atoms with Crippen LogP contribution in [0.15, 0.2) is 82.4 Å². The number of rotatable bonds is 3. The van der Waals surface area contributed by atoms with Gasteiger partial charge in [0.2, 0.25) is 0 Å². The Balaban J connectivity index is 1.82. The van der Waals surface area contributed by atoms with Crippen LogP contribution in [0.1, 0.15) is 6.92 Å². The van der Waals surface area contributed by atoms with Gasteiger partial charge in [0.1, 0.15) is 17.2 Å². The second kappa shape index (κ2) is 6.90. The Bertz CT molecular complexity index is 825. The summed E-state index contributed by atoms with van der Waals surface area (Å²) in [6, 6.07) is 11.9. The Labute approximate surface area is 146 Å². The lowest BCUT2D eigenvalue weighted by Crippen LogP contribution is -2.23. The molecule has 3 rings (SSSR count). The van der Waals surface area contributed by atoms with Crippen LogP contribution in [0.2, 0.25) is 0 Å². The molecule has 0 fully saturated rings. The number of nitriles is 1. The van der Waals surface area contributed by atoms with Crippen LogP contribution in [0.4, 0.5) is 0 Å². The van der Waals surface area contributed by atoms with Crippen molar-refractivity contribution in [1.29, 1.82) is 5.26 Å². The van der Waals surface area contributed by atoms with E-state index < -0.39 is 5.38 Å². The Hall–Kier alpha value is -2.57. The summed E-state index contributed by atoms with van der Waals surface area (Å²) < 4.78 is 5.93. The highest BCUT2D eigenvalue weighted by Gasteiger charge is 2.26. The molecule has 2 aliphatic rings. The molecule has 1 aliphatic carbocycles. The van der Waals surface area contributed by atoms with Crippen molar-refractivity contribution in [2.75, 3.05) is 6.54 Å². The maximum Gasteiger partial charge on any atom is 0.142 e. The maximum atomic E-state index is 9.45. The van der Waals surface area contributed by atoms with Crippen molar-refractivity contribution in [2.45, 2.75) is 18.4 Å². The summed E-state index contributed by atoms with van der Waals surface area (Å²) in [7, 11) is 0.